The highest BCUT2D eigenvalue weighted by atomic mass is 16.6. The maximum Gasteiger partial charge on any atom is 0.407 e. The van der Waals surface area contributed by atoms with Gasteiger partial charge in [0.15, 0.2) is 0 Å². The smallest absolute Gasteiger partial charge is 0.407 e. The van der Waals surface area contributed by atoms with Crippen LogP contribution in [0.4, 0.5) is 10.5 Å². The molecule has 0 aliphatic rings. The summed E-state index contributed by atoms with van der Waals surface area (Å²) in [6.07, 6.45) is 0.412. The van der Waals surface area contributed by atoms with Gasteiger partial charge in [0.2, 0.25) is 0 Å². The molecule has 0 radical (unpaired) electrons. The summed E-state index contributed by atoms with van der Waals surface area (Å²) in [5.74, 6) is 0.323. The molecule has 0 saturated heterocycles. The summed E-state index contributed by atoms with van der Waals surface area (Å²) in [6, 6.07) is 3.57. The van der Waals surface area contributed by atoms with Crippen LogP contribution in [0.1, 0.15) is 62.5 Å². The molecule has 6 nitrogen and oxygen atoms in total. The monoisotopic (exact) mass is 349 g/mol. The van der Waals surface area contributed by atoms with Crippen LogP contribution in [0.2, 0.25) is 0 Å². The molecule has 0 spiro atoms. The van der Waals surface area contributed by atoms with Crippen molar-refractivity contribution in [1.82, 2.24) is 10.6 Å². The van der Waals surface area contributed by atoms with Gasteiger partial charge in [0.25, 0.3) is 5.91 Å². The van der Waals surface area contributed by atoms with E-state index in [1.54, 1.807) is 26.8 Å². The normalized spacial score (nSPS) is 11.3. The highest BCUT2D eigenvalue weighted by Crippen LogP contribution is 2.20. The van der Waals surface area contributed by atoms with Gasteiger partial charge in [-0.3, -0.25) is 4.79 Å². The molecule has 0 heterocycles. The zero-order valence-electron chi connectivity index (χ0n) is 16.2. The second-order valence-electron chi connectivity index (χ2n) is 7.67. The summed E-state index contributed by atoms with van der Waals surface area (Å²) in [7, 11) is 0. The van der Waals surface area contributed by atoms with Crippen LogP contribution < -0.4 is 16.4 Å². The number of hydrogen-bond acceptors (Lipinski definition) is 4. The third-order valence-electron chi connectivity index (χ3n) is 3.53. The second kappa shape index (κ2) is 8.74. The molecular formula is C19H31N3O3. The molecule has 0 aliphatic carbocycles. The van der Waals surface area contributed by atoms with Gasteiger partial charge in [-0.15, -0.1) is 0 Å². The average molecular weight is 349 g/mol. The van der Waals surface area contributed by atoms with E-state index < -0.39 is 11.7 Å². The summed E-state index contributed by atoms with van der Waals surface area (Å²) < 4.78 is 5.21. The topological polar surface area (TPSA) is 93.4 Å². The molecule has 0 unspecified atom stereocenters. The Morgan fingerprint density at radius 3 is 2.40 bits per heavy atom. The van der Waals surface area contributed by atoms with Crippen LogP contribution in [0.25, 0.3) is 0 Å². The molecule has 0 aromatic heterocycles. The molecule has 1 aromatic rings. The number of hydrogen-bond donors (Lipinski definition) is 3. The number of ether oxygens (including phenoxy) is 1. The fourth-order valence-corrected chi connectivity index (χ4v) is 2.22. The average Bonchev–Trinajstić information content (AvgIpc) is 2.46. The van der Waals surface area contributed by atoms with E-state index in [0.717, 1.165) is 17.5 Å². The molecule has 0 atom stereocenters. The van der Waals surface area contributed by atoms with Crippen molar-refractivity contribution in [3.05, 3.63) is 28.8 Å². The SMILES string of the molecule is Cc1cc(CNC(=O)OC(C)(C)C)cc(C(=O)NCCC(C)C)c1N. The van der Waals surface area contributed by atoms with Crippen LogP contribution in [0, 0.1) is 12.8 Å². The first-order chi connectivity index (χ1) is 11.5. The predicted molar refractivity (Wildman–Crippen MR) is 100 cm³/mol. The molecule has 25 heavy (non-hydrogen) atoms. The molecule has 0 saturated carbocycles. The minimum Gasteiger partial charge on any atom is -0.444 e. The summed E-state index contributed by atoms with van der Waals surface area (Å²) in [5, 5.41) is 5.58. The van der Waals surface area contributed by atoms with Gasteiger partial charge in [-0.05, 0) is 57.2 Å². The highest BCUT2D eigenvalue weighted by molar-refractivity contribution is 6.00. The lowest BCUT2D eigenvalue weighted by atomic mass is 10.0. The Morgan fingerprint density at radius 1 is 1.20 bits per heavy atom. The van der Waals surface area contributed by atoms with E-state index >= 15 is 0 Å². The van der Waals surface area contributed by atoms with Gasteiger partial charge < -0.3 is 21.1 Å². The van der Waals surface area contributed by atoms with Gasteiger partial charge in [-0.1, -0.05) is 19.9 Å². The Hall–Kier alpha value is -2.24. The van der Waals surface area contributed by atoms with Crippen LogP contribution in [-0.2, 0) is 11.3 Å². The highest BCUT2D eigenvalue weighted by Gasteiger charge is 2.17. The fraction of sp³-hybridized carbons (Fsp3) is 0.579. The van der Waals surface area contributed by atoms with Crippen LogP contribution >= 0.6 is 0 Å². The molecule has 140 valence electrons. The number of nitrogen functional groups attached to an aromatic ring is 1. The quantitative estimate of drug-likeness (QED) is 0.686. The molecule has 6 heteroatoms. The van der Waals surface area contributed by atoms with Crippen molar-refractivity contribution in [2.75, 3.05) is 12.3 Å². The van der Waals surface area contributed by atoms with E-state index in [4.69, 9.17) is 10.5 Å². The Morgan fingerprint density at radius 2 is 1.84 bits per heavy atom. The number of anilines is 1. The van der Waals surface area contributed by atoms with Crippen molar-refractivity contribution >= 4 is 17.7 Å². The van der Waals surface area contributed by atoms with Crippen molar-refractivity contribution in [2.24, 2.45) is 5.92 Å². The number of carbonyl (C=O) groups is 2. The Kier molecular flexibility index (Phi) is 7.27. The van der Waals surface area contributed by atoms with E-state index in [1.807, 2.05) is 13.0 Å². The Bertz CT molecular complexity index is 619. The lowest BCUT2D eigenvalue weighted by Crippen LogP contribution is -2.32. The Balaban J connectivity index is 2.78. The van der Waals surface area contributed by atoms with Gasteiger partial charge in [0, 0.05) is 18.8 Å². The van der Waals surface area contributed by atoms with Crippen LogP contribution in [-0.4, -0.2) is 24.1 Å². The second-order valence-corrected chi connectivity index (χ2v) is 7.67. The van der Waals surface area contributed by atoms with Gasteiger partial charge in [0.05, 0.1) is 5.56 Å². The number of carbonyl (C=O) groups excluding carboxylic acids is 2. The molecule has 1 rings (SSSR count). The van der Waals surface area contributed by atoms with Crippen molar-refractivity contribution in [3.63, 3.8) is 0 Å². The number of nitrogens with two attached hydrogens (primary N) is 1. The van der Waals surface area contributed by atoms with E-state index in [2.05, 4.69) is 24.5 Å². The molecule has 0 bridgehead atoms. The number of amides is 2. The molecule has 4 N–H and O–H groups in total. The summed E-state index contributed by atoms with van der Waals surface area (Å²) in [4.78, 5) is 24.1. The third-order valence-corrected chi connectivity index (χ3v) is 3.53. The van der Waals surface area contributed by atoms with Gasteiger partial charge >= 0.3 is 6.09 Å². The van der Waals surface area contributed by atoms with E-state index in [-0.39, 0.29) is 12.5 Å². The summed E-state index contributed by atoms with van der Waals surface area (Å²) in [6.45, 7) is 12.3. The lowest BCUT2D eigenvalue weighted by Gasteiger charge is -2.20. The number of alkyl carbamates (subject to hydrolysis) is 1. The standard InChI is InChI=1S/C19H31N3O3/c1-12(2)7-8-21-17(23)15-10-14(9-13(3)16(15)20)11-22-18(24)25-19(4,5)6/h9-10,12H,7-8,11,20H2,1-6H3,(H,21,23)(H,22,24). The molecule has 0 aliphatic heterocycles. The van der Waals surface area contributed by atoms with Crippen molar-refractivity contribution in [3.8, 4) is 0 Å². The van der Waals surface area contributed by atoms with E-state index in [1.165, 1.54) is 0 Å². The zero-order chi connectivity index (χ0) is 19.2. The number of rotatable bonds is 6. The lowest BCUT2D eigenvalue weighted by molar-refractivity contribution is 0.0523. The van der Waals surface area contributed by atoms with Gasteiger partial charge in [-0.25, -0.2) is 4.79 Å². The summed E-state index contributed by atoms with van der Waals surface area (Å²) >= 11 is 0. The Labute approximate surface area is 150 Å². The molecule has 1 aromatic carbocycles. The van der Waals surface area contributed by atoms with Crippen molar-refractivity contribution < 1.29 is 14.3 Å². The summed E-state index contributed by atoms with van der Waals surface area (Å²) in [5.41, 5.74) is 7.99. The number of nitrogens with one attached hydrogen (secondary N) is 2. The van der Waals surface area contributed by atoms with Gasteiger partial charge in [0.1, 0.15) is 5.60 Å². The minimum absolute atomic E-state index is 0.194. The van der Waals surface area contributed by atoms with Crippen LogP contribution in [0.5, 0.6) is 0 Å². The molecule has 0 fully saturated rings. The van der Waals surface area contributed by atoms with E-state index in [9.17, 15) is 9.59 Å². The maximum absolute atomic E-state index is 12.4. The third kappa shape index (κ3) is 7.45. The predicted octanol–water partition coefficient (Wildman–Crippen LogP) is 3.38. The minimum atomic E-state index is -0.553. The maximum atomic E-state index is 12.4. The van der Waals surface area contributed by atoms with Gasteiger partial charge in [-0.2, -0.15) is 0 Å². The van der Waals surface area contributed by atoms with Crippen molar-refractivity contribution in [1.29, 1.82) is 0 Å². The first kappa shape index (κ1) is 20.8. The van der Waals surface area contributed by atoms with Crippen LogP contribution in [0.3, 0.4) is 0 Å². The molecular weight excluding hydrogens is 318 g/mol. The zero-order valence-corrected chi connectivity index (χ0v) is 16.2. The van der Waals surface area contributed by atoms with Crippen molar-refractivity contribution in [2.45, 2.75) is 60.1 Å². The number of aryl methyl sites for hydroxylation is 1. The first-order valence-corrected chi connectivity index (χ1v) is 8.63. The number of benzene rings is 1. The molecule has 2 amide bonds. The largest absolute Gasteiger partial charge is 0.444 e. The van der Waals surface area contributed by atoms with Crippen LogP contribution in [0.15, 0.2) is 12.1 Å². The fourth-order valence-electron chi connectivity index (χ4n) is 2.22. The van der Waals surface area contributed by atoms with E-state index in [0.29, 0.717) is 23.7 Å². The first-order valence-electron chi connectivity index (χ1n) is 8.63.